The molecule has 2 atom stereocenters. The normalized spacial score (nSPS) is 25.2. The van der Waals surface area contributed by atoms with Crippen molar-refractivity contribution in [1.29, 1.82) is 5.26 Å². The lowest BCUT2D eigenvalue weighted by atomic mass is 10.0. The molecule has 0 aliphatic heterocycles. The zero-order chi connectivity index (χ0) is 11.3. The first-order valence-electron chi connectivity index (χ1n) is 5.82. The Labute approximate surface area is 91.9 Å². The van der Waals surface area contributed by atoms with Crippen LogP contribution in [0.3, 0.4) is 0 Å². The summed E-state index contributed by atoms with van der Waals surface area (Å²) >= 11 is 0. The van der Waals surface area contributed by atoms with Gasteiger partial charge >= 0.3 is 0 Å². The highest BCUT2D eigenvalue weighted by Gasteiger charge is 2.27. The van der Waals surface area contributed by atoms with Crippen LogP contribution in [0.4, 0.5) is 0 Å². The molecule has 15 heavy (non-hydrogen) atoms. The number of rotatable bonds is 4. The zero-order valence-electron chi connectivity index (χ0n) is 9.62. The zero-order valence-corrected chi connectivity index (χ0v) is 9.62. The summed E-state index contributed by atoms with van der Waals surface area (Å²) in [6.45, 7) is 4.22. The van der Waals surface area contributed by atoms with Crippen LogP contribution >= 0.6 is 0 Å². The molecule has 1 aliphatic carbocycles. The number of nitriles is 1. The van der Waals surface area contributed by atoms with E-state index in [9.17, 15) is 4.79 Å². The maximum absolute atomic E-state index is 11.5. The van der Waals surface area contributed by atoms with Gasteiger partial charge in [0, 0.05) is 12.5 Å². The van der Waals surface area contributed by atoms with Gasteiger partial charge in [0.2, 0.25) is 5.91 Å². The Hall–Kier alpha value is -1.04. The smallest absolute Gasteiger partial charge is 0.220 e. The van der Waals surface area contributed by atoms with Gasteiger partial charge in [0.1, 0.15) is 0 Å². The monoisotopic (exact) mass is 208 g/mol. The lowest BCUT2D eigenvalue weighted by Gasteiger charge is -2.15. The minimum Gasteiger partial charge on any atom is -0.352 e. The SMILES string of the molecule is CC(C)CCC(=O)NC1CCCC1C#N. The maximum Gasteiger partial charge on any atom is 0.220 e. The fraction of sp³-hybridized carbons (Fsp3) is 0.833. The standard InChI is InChI=1S/C12H20N2O/c1-9(2)6-7-12(15)14-11-5-3-4-10(11)8-13/h9-11H,3-7H2,1-2H3,(H,14,15). The van der Waals surface area contributed by atoms with Crippen LogP contribution in [-0.4, -0.2) is 11.9 Å². The van der Waals surface area contributed by atoms with Crippen molar-refractivity contribution in [3.05, 3.63) is 0 Å². The fourth-order valence-electron chi connectivity index (χ4n) is 1.99. The molecule has 1 fully saturated rings. The van der Waals surface area contributed by atoms with E-state index in [2.05, 4.69) is 25.2 Å². The van der Waals surface area contributed by atoms with Crippen molar-refractivity contribution in [2.24, 2.45) is 11.8 Å². The number of nitrogens with zero attached hydrogens (tertiary/aromatic N) is 1. The third-order valence-electron chi connectivity index (χ3n) is 2.98. The van der Waals surface area contributed by atoms with Gasteiger partial charge in [-0.2, -0.15) is 5.26 Å². The van der Waals surface area contributed by atoms with Crippen LogP contribution in [-0.2, 0) is 4.79 Å². The van der Waals surface area contributed by atoms with E-state index in [0.717, 1.165) is 25.7 Å². The Kier molecular flexibility index (Phi) is 4.61. The van der Waals surface area contributed by atoms with Crippen LogP contribution in [0, 0.1) is 23.2 Å². The average Bonchev–Trinajstić information content (AvgIpc) is 2.62. The molecule has 1 rings (SSSR count). The van der Waals surface area contributed by atoms with Crippen molar-refractivity contribution in [2.75, 3.05) is 0 Å². The predicted molar refractivity (Wildman–Crippen MR) is 59.0 cm³/mol. The molecule has 0 aromatic carbocycles. The summed E-state index contributed by atoms with van der Waals surface area (Å²) in [4.78, 5) is 11.5. The minimum absolute atomic E-state index is 0.0352. The van der Waals surface area contributed by atoms with Crippen molar-refractivity contribution < 1.29 is 4.79 Å². The molecule has 3 nitrogen and oxygen atoms in total. The number of amides is 1. The molecule has 0 saturated heterocycles. The third-order valence-corrected chi connectivity index (χ3v) is 2.98. The molecule has 1 saturated carbocycles. The maximum atomic E-state index is 11.5. The Bertz CT molecular complexity index is 255. The van der Waals surface area contributed by atoms with Crippen LogP contribution in [0.1, 0.15) is 46.0 Å². The van der Waals surface area contributed by atoms with Crippen LogP contribution in [0.5, 0.6) is 0 Å². The Balaban J connectivity index is 2.28. The molecule has 84 valence electrons. The van der Waals surface area contributed by atoms with Crippen LogP contribution in [0.25, 0.3) is 0 Å². The lowest BCUT2D eigenvalue weighted by Crippen LogP contribution is -2.36. The highest BCUT2D eigenvalue weighted by molar-refractivity contribution is 5.76. The van der Waals surface area contributed by atoms with Crippen LogP contribution < -0.4 is 5.32 Å². The van der Waals surface area contributed by atoms with Crippen molar-refractivity contribution >= 4 is 5.91 Å². The molecule has 0 aromatic rings. The minimum atomic E-state index is 0.0352. The molecule has 0 bridgehead atoms. The van der Waals surface area contributed by atoms with Crippen molar-refractivity contribution in [2.45, 2.75) is 52.0 Å². The van der Waals surface area contributed by atoms with Crippen molar-refractivity contribution in [3.63, 3.8) is 0 Å². The van der Waals surface area contributed by atoms with E-state index in [1.807, 2.05) is 0 Å². The summed E-state index contributed by atoms with van der Waals surface area (Å²) < 4.78 is 0. The van der Waals surface area contributed by atoms with Crippen LogP contribution in [0.15, 0.2) is 0 Å². The number of nitrogens with one attached hydrogen (secondary N) is 1. The van der Waals surface area contributed by atoms with Gasteiger partial charge in [-0.1, -0.05) is 13.8 Å². The Morgan fingerprint density at radius 3 is 2.87 bits per heavy atom. The van der Waals surface area contributed by atoms with Gasteiger partial charge in [-0.3, -0.25) is 4.79 Å². The molecule has 1 N–H and O–H groups in total. The molecular formula is C12H20N2O. The number of carbonyl (C=O) groups is 1. The second-order valence-corrected chi connectivity index (χ2v) is 4.77. The van der Waals surface area contributed by atoms with Gasteiger partial charge in [0.25, 0.3) is 0 Å². The molecule has 0 heterocycles. The summed E-state index contributed by atoms with van der Waals surface area (Å²) in [5.41, 5.74) is 0. The molecule has 3 heteroatoms. The topological polar surface area (TPSA) is 52.9 Å². The molecule has 2 unspecified atom stereocenters. The molecular weight excluding hydrogens is 188 g/mol. The van der Waals surface area contributed by atoms with E-state index in [-0.39, 0.29) is 17.9 Å². The summed E-state index contributed by atoms with van der Waals surface area (Å²) in [6.07, 6.45) is 4.48. The fourth-order valence-corrected chi connectivity index (χ4v) is 1.99. The second-order valence-electron chi connectivity index (χ2n) is 4.77. The molecule has 0 aromatic heterocycles. The van der Waals surface area contributed by atoms with E-state index < -0.39 is 0 Å². The third kappa shape index (κ3) is 3.91. The molecule has 1 aliphatic rings. The van der Waals surface area contributed by atoms with Gasteiger partial charge in [0.15, 0.2) is 0 Å². The van der Waals surface area contributed by atoms with E-state index in [4.69, 9.17) is 5.26 Å². The quantitative estimate of drug-likeness (QED) is 0.770. The second kappa shape index (κ2) is 5.75. The highest BCUT2D eigenvalue weighted by Crippen LogP contribution is 2.24. The predicted octanol–water partition coefficient (Wildman–Crippen LogP) is 2.23. The van der Waals surface area contributed by atoms with Gasteiger partial charge in [-0.05, 0) is 31.6 Å². The van der Waals surface area contributed by atoms with Gasteiger partial charge in [-0.25, -0.2) is 0 Å². The number of hydrogen-bond donors (Lipinski definition) is 1. The first-order valence-corrected chi connectivity index (χ1v) is 5.82. The highest BCUT2D eigenvalue weighted by atomic mass is 16.1. The number of hydrogen-bond acceptors (Lipinski definition) is 2. The van der Waals surface area contributed by atoms with E-state index in [1.54, 1.807) is 0 Å². The Morgan fingerprint density at radius 2 is 2.27 bits per heavy atom. The van der Waals surface area contributed by atoms with Gasteiger partial charge in [0.05, 0.1) is 12.0 Å². The van der Waals surface area contributed by atoms with Crippen molar-refractivity contribution in [1.82, 2.24) is 5.32 Å². The summed E-state index contributed by atoms with van der Waals surface area (Å²) in [7, 11) is 0. The van der Waals surface area contributed by atoms with E-state index in [1.165, 1.54) is 0 Å². The van der Waals surface area contributed by atoms with Gasteiger partial charge < -0.3 is 5.32 Å². The first-order chi connectivity index (χ1) is 7.13. The van der Waals surface area contributed by atoms with E-state index >= 15 is 0 Å². The largest absolute Gasteiger partial charge is 0.352 e. The van der Waals surface area contributed by atoms with Crippen molar-refractivity contribution in [3.8, 4) is 6.07 Å². The molecule has 1 amide bonds. The van der Waals surface area contributed by atoms with Gasteiger partial charge in [-0.15, -0.1) is 0 Å². The molecule has 0 radical (unpaired) electrons. The number of carbonyl (C=O) groups excluding carboxylic acids is 1. The molecule has 0 spiro atoms. The van der Waals surface area contributed by atoms with E-state index in [0.29, 0.717) is 12.3 Å². The average molecular weight is 208 g/mol. The first kappa shape index (κ1) is 12.0. The summed E-state index contributed by atoms with van der Waals surface area (Å²) in [5.74, 6) is 0.704. The van der Waals surface area contributed by atoms with Crippen LogP contribution in [0.2, 0.25) is 0 Å². The lowest BCUT2D eigenvalue weighted by molar-refractivity contribution is -0.122. The summed E-state index contributed by atoms with van der Waals surface area (Å²) in [5, 5.41) is 11.8. The Morgan fingerprint density at radius 1 is 1.53 bits per heavy atom. The summed E-state index contributed by atoms with van der Waals surface area (Å²) in [6, 6.07) is 2.38.